The second-order valence-electron chi connectivity index (χ2n) is 4.76. The van der Waals surface area contributed by atoms with Crippen LogP contribution in [0.3, 0.4) is 0 Å². The number of nitro groups is 1. The minimum atomic E-state index is -0.432. The zero-order valence-electron chi connectivity index (χ0n) is 11.1. The van der Waals surface area contributed by atoms with Gasteiger partial charge < -0.3 is 0 Å². The van der Waals surface area contributed by atoms with Crippen molar-refractivity contribution in [1.82, 2.24) is 0 Å². The summed E-state index contributed by atoms with van der Waals surface area (Å²) in [6.07, 6.45) is 4.75. The van der Waals surface area contributed by atoms with Crippen LogP contribution in [0, 0.1) is 21.4 Å². The Labute approximate surface area is 125 Å². The van der Waals surface area contributed by atoms with Gasteiger partial charge in [-0.2, -0.15) is 5.26 Å². The quantitative estimate of drug-likeness (QED) is 0.491. The van der Waals surface area contributed by atoms with E-state index in [0.717, 1.165) is 35.4 Å². The van der Waals surface area contributed by atoms with Crippen LogP contribution in [-0.4, -0.2) is 11.1 Å². The number of aryl methyl sites for hydroxylation is 1. The van der Waals surface area contributed by atoms with Crippen LogP contribution in [0.25, 0.3) is 0 Å². The van der Waals surface area contributed by atoms with Crippen molar-refractivity contribution in [3.05, 3.63) is 55.9 Å². The maximum absolute atomic E-state index is 10.6. The van der Waals surface area contributed by atoms with Gasteiger partial charge in [0.2, 0.25) is 0 Å². The van der Waals surface area contributed by atoms with Crippen LogP contribution in [0.1, 0.15) is 28.0 Å². The molecule has 2 aromatic rings. The van der Waals surface area contributed by atoms with Gasteiger partial charge in [-0.1, -0.05) is 0 Å². The third kappa shape index (κ3) is 2.56. The number of hydrogen-bond acceptors (Lipinski definition) is 5. The van der Waals surface area contributed by atoms with Gasteiger partial charge in [0, 0.05) is 23.2 Å². The Morgan fingerprint density at radius 3 is 2.76 bits per heavy atom. The first kappa shape index (κ1) is 13.5. The van der Waals surface area contributed by atoms with Crippen LogP contribution in [0.15, 0.2) is 29.3 Å². The molecule has 1 aliphatic rings. The largest absolute Gasteiger partial charge is 0.269 e. The van der Waals surface area contributed by atoms with Crippen molar-refractivity contribution in [3.8, 4) is 6.07 Å². The molecule has 5 nitrogen and oxygen atoms in total. The maximum atomic E-state index is 10.6. The number of nitro benzene ring substituents is 1. The molecule has 0 N–H and O–H groups in total. The van der Waals surface area contributed by atoms with Crippen LogP contribution in [0.2, 0.25) is 0 Å². The molecule has 0 unspecified atom stereocenters. The molecule has 3 rings (SSSR count). The Balaban J connectivity index is 1.87. The summed E-state index contributed by atoms with van der Waals surface area (Å²) >= 11 is 1.57. The smallest absolute Gasteiger partial charge is 0.258 e. The summed E-state index contributed by atoms with van der Waals surface area (Å²) in [7, 11) is 0. The number of benzene rings is 1. The highest BCUT2D eigenvalue weighted by atomic mass is 32.1. The summed E-state index contributed by atoms with van der Waals surface area (Å²) in [5, 5.41) is 20.6. The standard InChI is InChI=1S/C15H11N3O2S/c16-8-13-12-2-1-3-14(12)21-15(13)17-9-10-4-6-11(7-5-10)18(19)20/h4-7,9H,1-3H2/b17-9+. The van der Waals surface area contributed by atoms with Crippen molar-refractivity contribution >= 4 is 28.2 Å². The molecule has 1 aromatic carbocycles. The number of thiophene rings is 1. The fourth-order valence-electron chi connectivity index (χ4n) is 2.41. The van der Waals surface area contributed by atoms with E-state index in [4.69, 9.17) is 0 Å². The van der Waals surface area contributed by atoms with Gasteiger partial charge in [-0.25, -0.2) is 4.99 Å². The zero-order chi connectivity index (χ0) is 14.8. The summed E-state index contributed by atoms with van der Waals surface area (Å²) in [5.74, 6) is 0. The summed E-state index contributed by atoms with van der Waals surface area (Å²) in [5.41, 5.74) is 2.67. The van der Waals surface area contributed by atoms with E-state index >= 15 is 0 Å². The number of nitriles is 1. The van der Waals surface area contributed by atoms with Crippen molar-refractivity contribution in [2.24, 2.45) is 4.99 Å². The Hall–Kier alpha value is -2.52. The van der Waals surface area contributed by atoms with Crippen molar-refractivity contribution in [2.45, 2.75) is 19.3 Å². The first-order chi connectivity index (χ1) is 10.2. The second kappa shape index (κ2) is 5.46. The van der Waals surface area contributed by atoms with E-state index in [1.165, 1.54) is 17.0 Å². The monoisotopic (exact) mass is 297 g/mol. The van der Waals surface area contributed by atoms with Gasteiger partial charge in [-0.3, -0.25) is 10.1 Å². The maximum Gasteiger partial charge on any atom is 0.269 e. The Kier molecular flexibility index (Phi) is 3.50. The van der Waals surface area contributed by atoms with Crippen LogP contribution in [0.4, 0.5) is 10.7 Å². The van der Waals surface area contributed by atoms with Crippen molar-refractivity contribution in [2.75, 3.05) is 0 Å². The van der Waals surface area contributed by atoms with E-state index in [-0.39, 0.29) is 5.69 Å². The molecule has 0 amide bonds. The van der Waals surface area contributed by atoms with Gasteiger partial charge in [-0.15, -0.1) is 11.3 Å². The van der Waals surface area contributed by atoms with E-state index in [0.29, 0.717) is 5.56 Å². The van der Waals surface area contributed by atoms with E-state index in [2.05, 4.69) is 11.1 Å². The highest BCUT2D eigenvalue weighted by Crippen LogP contribution is 2.40. The molecule has 0 bridgehead atoms. The van der Waals surface area contributed by atoms with E-state index in [9.17, 15) is 15.4 Å². The lowest BCUT2D eigenvalue weighted by atomic mass is 10.1. The van der Waals surface area contributed by atoms with Gasteiger partial charge in [0.1, 0.15) is 11.1 Å². The van der Waals surface area contributed by atoms with Crippen LogP contribution < -0.4 is 0 Å². The summed E-state index contributed by atoms with van der Waals surface area (Å²) in [6, 6.07) is 8.43. The number of hydrogen-bond donors (Lipinski definition) is 0. The normalized spacial score (nSPS) is 13.3. The molecular formula is C15H11N3O2S. The SMILES string of the molecule is N#Cc1c(/N=C/c2ccc([N+](=O)[O-])cc2)sc2c1CCC2. The molecule has 104 valence electrons. The molecule has 6 heteroatoms. The van der Waals surface area contributed by atoms with Gasteiger partial charge >= 0.3 is 0 Å². The lowest BCUT2D eigenvalue weighted by Gasteiger charge is -1.94. The summed E-state index contributed by atoms with van der Waals surface area (Å²) in [6.45, 7) is 0. The second-order valence-corrected chi connectivity index (χ2v) is 5.84. The Morgan fingerprint density at radius 2 is 2.10 bits per heavy atom. The third-order valence-corrected chi connectivity index (χ3v) is 4.65. The molecule has 0 aliphatic heterocycles. The highest BCUT2D eigenvalue weighted by Gasteiger charge is 2.21. The van der Waals surface area contributed by atoms with Crippen molar-refractivity contribution in [3.63, 3.8) is 0 Å². The van der Waals surface area contributed by atoms with Crippen LogP contribution in [0.5, 0.6) is 0 Å². The third-order valence-electron chi connectivity index (χ3n) is 3.45. The van der Waals surface area contributed by atoms with E-state index < -0.39 is 4.92 Å². The highest BCUT2D eigenvalue weighted by molar-refractivity contribution is 7.16. The molecule has 1 aromatic heterocycles. The first-order valence-corrected chi connectivity index (χ1v) is 7.34. The molecule has 0 fully saturated rings. The average Bonchev–Trinajstić information content (AvgIpc) is 3.05. The molecule has 0 saturated carbocycles. The molecule has 1 aliphatic carbocycles. The number of aliphatic imine (C=N–C) groups is 1. The summed E-state index contributed by atoms with van der Waals surface area (Å²) in [4.78, 5) is 15.8. The van der Waals surface area contributed by atoms with Crippen LogP contribution in [-0.2, 0) is 12.8 Å². The van der Waals surface area contributed by atoms with Gasteiger partial charge in [0.15, 0.2) is 0 Å². The van der Waals surface area contributed by atoms with Gasteiger partial charge in [0.25, 0.3) is 5.69 Å². The minimum Gasteiger partial charge on any atom is -0.258 e. The molecular weight excluding hydrogens is 286 g/mol. The molecule has 0 saturated heterocycles. The zero-order valence-corrected chi connectivity index (χ0v) is 11.9. The van der Waals surface area contributed by atoms with Gasteiger partial charge in [0.05, 0.1) is 10.5 Å². The van der Waals surface area contributed by atoms with E-state index in [1.54, 1.807) is 29.7 Å². The fraction of sp³-hybridized carbons (Fsp3) is 0.200. The fourth-order valence-corrected chi connectivity index (χ4v) is 3.59. The van der Waals surface area contributed by atoms with Crippen molar-refractivity contribution in [1.29, 1.82) is 5.26 Å². The lowest BCUT2D eigenvalue weighted by Crippen LogP contribution is -1.88. The van der Waals surface area contributed by atoms with E-state index in [1.807, 2.05) is 0 Å². The van der Waals surface area contributed by atoms with Crippen molar-refractivity contribution < 1.29 is 4.92 Å². The lowest BCUT2D eigenvalue weighted by molar-refractivity contribution is -0.384. The first-order valence-electron chi connectivity index (χ1n) is 6.52. The molecule has 21 heavy (non-hydrogen) atoms. The molecule has 1 heterocycles. The number of nitrogens with zero attached hydrogens (tertiary/aromatic N) is 3. The molecule has 0 radical (unpaired) electrons. The predicted molar refractivity (Wildman–Crippen MR) is 81.4 cm³/mol. The molecule has 0 atom stereocenters. The number of non-ortho nitro benzene ring substituents is 1. The van der Waals surface area contributed by atoms with Crippen LogP contribution >= 0.6 is 11.3 Å². The average molecular weight is 297 g/mol. The summed E-state index contributed by atoms with van der Waals surface area (Å²) < 4.78 is 0. The molecule has 0 spiro atoms. The minimum absolute atomic E-state index is 0.0555. The topological polar surface area (TPSA) is 79.3 Å². The predicted octanol–water partition coefficient (Wildman–Crippen LogP) is 3.77. The Bertz CT molecular complexity index is 769. The number of rotatable bonds is 3. The number of fused-ring (bicyclic) bond motifs is 1. The van der Waals surface area contributed by atoms with Gasteiger partial charge in [-0.05, 0) is 42.5 Å². The Morgan fingerprint density at radius 1 is 1.33 bits per heavy atom.